The van der Waals surface area contributed by atoms with E-state index in [2.05, 4.69) is 26.3 Å². The molecule has 4 rings (SSSR count). The lowest BCUT2D eigenvalue weighted by Gasteiger charge is -2.29. The Hall–Kier alpha value is -3.28. The lowest BCUT2D eigenvalue weighted by atomic mass is 10.2. The molecule has 2 amide bonds. The summed E-state index contributed by atoms with van der Waals surface area (Å²) in [5, 5.41) is 17.1. The van der Waals surface area contributed by atoms with Crippen LogP contribution < -0.4 is 20.9 Å². The molecule has 3 N–H and O–H groups in total. The first-order valence-electron chi connectivity index (χ1n) is 9.52. The summed E-state index contributed by atoms with van der Waals surface area (Å²) in [4.78, 5) is 26.5. The van der Waals surface area contributed by atoms with Crippen LogP contribution in [0.5, 0.6) is 0 Å². The summed E-state index contributed by atoms with van der Waals surface area (Å²) in [6.45, 7) is 2.94. The molecule has 2 aliphatic rings. The van der Waals surface area contributed by atoms with Crippen molar-refractivity contribution in [3.05, 3.63) is 35.9 Å². The Bertz CT molecular complexity index is 981. The van der Waals surface area contributed by atoms with E-state index in [1.54, 1.807) is 28.1 Å². The van der Waals surface area contributed by atoms with Gasteiger partial charge in [-0.05, 0) is 24.4 Å². The molecule has 3 heterocycles. The molecule has 0 atom stereocenters. The first kappa shape index (κ1) is 20.0. The van der Waals surface area contributed by atoms with Crippen LogP contribution >= 0.6 is 12.2 Å². The van der Waals surface area contributed by atoms with Crippen LogP contribution in [-0.2, 0) is 16.1 Å². The number of benzene rings is 1. The summed E-state index contributed by atoms with van der Waals surface area (Å²) < 4.78 is 16.1. The molecule has 2 fully saturated rings. The Kier molecular flexibility index (Phi) is 5.74. The van der Waals surface area contributed by atoms with Gasteiger partial charge in [0.1, 0.15) is 11.5 Å². The van der Waals surface area contributed by atoms with Gasteiger partial charge in [-0.15, -0.1) is 5.10 Å². The average Bonchev–Trinajstić information content (AvgIpc) is 3.21. The molecule has 1 aromatic heterocycles. The van der Waals surface area contributed by atoms with Gasteiger partial charge >= 0.3 is 0 Å². The second-order valence-electron chi connectivity index (χ2n) is 6.99. The third-order valence-electron chi connectivity index (χ3n) is 4.86. The van der Waals surface area contributed by atoms with E-state index in [0.717, 1.165) is 0 Å². The van der Waals surface area contributed by atoms with Crippen LogP contribution in [0, 0.1) is 5.82 Å². The third kappa shape index (κ3) is 4.48. The van der Waals surface area contributed by atoms with Crippen molar-refractivity contribution in [1.29, 1.82) is 0 Å². The Morgan fingerprint density at radius 1 is 1.17 bits per heavy atom. The molecule has 0 unspecified atom stereocenters. The molecule has 158 valence electrons. The summed E-state index contributed by atoms with van der Waals surface area (Å²) in [7, 11) is 0. The van der Waals surface area contributed by atoms with Crippen molar-refractivity contribution < 1.29 is 14.0 Å². The standard InChI is InChI=1S/C18H21FN8O2S/c19-14-7-13(1-2-15(14)25-5-3-20-16(28)10-25)27-9-12(23-24-27)8-22-18(30)26-6-4-21-17(29)11-26/h1-2,7,9H,3-6,8,10-11H2,(H,20,28)(H,21,29)(H,22,30). The molecule has 0 aliphatic carbocycles. The van der Waals surface area contributed by atoms with E-state index < -0.39 is 5.82 Å². The fraction of sp³-hybridized carbons (Fsp3) is 0.389. The fourth-order valence-electron chi connectivity index (χ4n) is 3.33. The predicted molar refractivity (Wildman–Crippen MR) is 111 cm³/mol. The number of piperazine rings is 2. The van der Waals surface area contributed by atoms with Gasteiger partial charge in [-0.3, -0.25) is 9.59 Å². The molecule has 10 nitrogen and oxygen atoms in total. The van der Waals surface area contributed by atoms with Gasteiger partial charge in [0.25, 0.3) is 0 Å². The molecule has 0 saturated carbocycles. The van der Waals surface area contributed by atoms with Gasteiger partial charge in [-0.2, -0.15) is 0 Å². The zero-order chi connectivity index (χ0) is 21.1. The number of rotatable bonds is 4. The number of halogens is 1. The summed E-state index contributed by atoms with van der Waals surface area (Å²) in [6, 6.07) is 4.73. The van der Waals surface area contributed by atoms with Gasteiger partial charge in [0.2, 0.25) is 11.8 Å². The smallest absolute Gasteiger partial charge is 0.239 e. The van der Waals surface area contributed by atoms with Gasteiger partial charge in [-0.1, -0.05) is 5.21 Å². The minimum atomic E-state index is -0.429. The van der Waals surface area contributed by atoms with Gasteiger partial charge in [-0.25, -0.2) is 9.07 Å². The fourth-order valence-corrected chi connectivity index (χ4v) is 3.56. The largest absolute Gasteiger partial charge is 0.358 e. The van der Waals surface area contributed by atoms with E-state index >= 15 is 0 Å². The van der Waals surface area contributed by atoms with Crippen LogP contribution in [0.2, 0.25) is 0 Å². The molecule has 2 aliphatic heterocycles. The molecule has 2 aromatic rings. The number of carbonyl (C=O) groups excluding carboxylic acids is 2. The highest BCUT2D eigenvalue weighted by Crippen LogP contribution is 2.22. The summed E-state index contributed by atoms with van der Waals surface area (Å²) in [5.74, 6) is -0.616. The maximum atomic E-state index is 14.6. The number of amides is 2. The van der Waals surface area contributed by atoms with Crippen molar-refractivity contribution in [2.75, 3.05) is 44.2 Å². The van der Waals surface area contributed by atoms with Crippen LogP contribution in [0.3, 0.4) is 0 Å². The van der Waals surface area contributed by atoms with Crippen LogP contribution in [0.1, 0.15) is 5.69 Å². The van der Waals surface area contributed by atoms with E-state index in [9.17, 15) is 14.0 Å². The maximum absolute atomic E-state index is 14.6. The van der Waals surface area contributed by atoms with Gasteiger partial charge < -0.3 is 25.8 Å². The molecule has 0 bridgehead atoms. The molecular formula is C18H21FN8O2S. The van der Waals surface area contributed by atoms with Crippen molar-refractivity contribution in [2.45, 2.75) is 6.54 Å². The monoisotopic (exact) mass is 432 g/mol. The Balaban J connectivity index is 1.38. The molecule has 0 spiro atoms. The number of thiocarbonyl (C=S) groups is 1. The molecule has 30 heavy (non-hydrogen) atoms. The first-order valence-corrected chi connectivity index (χ1v) is 9.93. The second kappa shape index (κ2) is 8.61. The van der Waals surface area contributed by atoms with E-state index in [1.165, 1.54) is 10.7 Å². The Labute approximate surface area is 177 Å². The lowest BCUT2D eigenvalue weighted by molar-refractivity contribution is -0.123. The number of aromatic nitrogens is 3. The Morgan fingerprint density at radius 2 is 1.93 bits per heavy atom. The second-order valence-corrected chi connectivity index (χ2v) is 7.38. The maximum Gasteiger partial charge on any atom is 0.239 e. The van der Waals surface area contributed by atoms with E-state index in [0.29, 0.717) is 54.9 Å². The van der Waals surface area contributed by atoms with E-state index in [-0.39, 0.29) is 24.9 Å². The highest BCUT2D eigenvalue weighted by molar-refractivity contribution is 7.80. The number of nitrogens with one attached hydrogen (secondary N) is 3. The van der Waals surface area contributed by atoms with Crippen LogP contribution in [-0.4, -0.2) is 76.1 Å². The molecule has 12 heteroatoms. The van der Waals surface area contributed by atoms with Gasteiger partial charge in [0.15, 0.2) is 5.11 Å². The van der Waals surface area contributed by atoms with Crippen molar-refractivity contribution in [1.82, 2.24) is 35.8 Å². The predicted octanol–water partition coefficient (Wildman–Crippen LogP) is -0.851. The van der Waals surface area contributed by atoms with Crippen molar-refractivity contribution >= 4 is 34.8 Å². The van der Waals surface area contributed by atoms with Crippen molar-refractivity contribution in [3.8, 4) is 5.69 Å². The molecular weight excluding hydrogens is 411 g/mol. The highest BCUT2D eigenvalue weighted by atomic mass is 32.1. The van der Waals surface area contributed by atoms with Crippen molar-refractivity contribution in [3.63, 3.8) is 0 Å². The molecule has 0 radical (unpaired) electrons. The zero-order valence-electron chi connectivity index (χ0n) is 16.1. The zero-order valence-corrected chi connectivity index (χ0v) is 16.9. The molecule has 2 saturated heterocycles. The van der Waals surface area contributed by atoms with E-state index in [4.69, 9.17) is 12.2 Å². The third-order valence-corrected chi connectivity index (χ3v) is 5.26. The van der Waals surface area contributed by atoms with Gasteiger partial charge in [0.05, 0.1) is 37.2 Å². The quantitative estimate of drug-likeness (QED) is 0.537. The number of hydrogen-bond donors (Lipinski definition) is 3. The number of carbonyl (C=O) groups is 2. The SMILES string of the molecule is O=C1CN(C(=S)NCc2cn(-c3ccc(N4CCNC(=O)C4)c(F)c3)nn2)CCN1. The Morgan fingerprint density at radius 3 is 2.67 bits per heavy atom. The summed E-state index contributed by atoms with van der Waals surface area (Å²) in [6.07, 6.45) is 1.68. The van der Waals surface area contributed by atoms with E-state index in [1.807, 2.05) is 0 Å². The van der Waals surface area contributed by atoms with Crippen LogP contribution in [0.4, 0.5) is 10.1 Å². The number of nitrogens with zero attached hydrogens (tertiary/aromatic N) is 5. The minimum Gasteiger partial charge on any atom is -0.358 e. The first-order chi connectivity index (χ1) is 14.5. The normalized spacial score (nSPS) is 16.8. The van der Waals surface area contributed by atoms with Crippen molar-refractivity contribution in [2.24, 2.45) is 0 Å². The number of hydrogen-bond acceptors (Lipinski definition) is 6. The summed E-state index contributed by atoms with van der Waals surface area (Å²) in [5.41, 5.74) is 1.52. The number of anilines is 1. The van der Waals surface area contributed by atoms with Crippen LogP contribution in [0.15, 0.2) is 24.4 Å². The van der Waals surface area contributed by atoms with Crippen LogP contribution in [0.25, 0.3) is 5.69 Å². The molecule has 1 aromatic carbocycles. The lowest BCUT2D eigenvalue weighted by Crippen LogP contribution is -2.52. The highest BCUT2D eigenvalue weighted by Gasteiger charge is 2.20. The minimum absolute atomic E-state index is 0.0630. The average molecular weight is 432 g/mol. The van der Waals surface area contributed by atoms with Gasteiger partial charge in [0, 0.05) is 32.2 Å². The summed E-state index contributed by atoms with van der Waals surface area (Å²) >= 11 is 5.33. The topological polar surface area (TPSA) is 107 Å².